The molecule has 1 saturated heterocycles. The number of methoxy groups -OCH3 is 1. The number of hydrogen-bond acceptors (Lipinski definition) is 6. The maximum Gasteiger partial charge on any atom is 0.417 e. The topological polar surface area (TPSA) is 108 Å². The van der Waals surface area contributed by atoms with Crippen LogP contribution in [0, 0.1) is 0 Å². The Labute approximate surface area is 198 Å². The highest BCUT2D eigenvalue weighted by Gasteiger charge is 2.34. The van der Waals surface area contributed by atoms with Crippen molar-refractivity contribution in [3.8, 4) is 5.75 Å². The number of carbonyl (C=O) groups is 1. The van der Waals surface area contributed by atoms with E-state index in [1.165, 1.54) is 11.9 Å². The van der Waals surface area contributed by atoms with E-state index in [1.807, 2.05) is 6.92 Å². The van der Waals surface area contributed by atoms with E-state index in [-0.39, 0.29) is 12.1 Å². The summed E-state index contributed by atoms with van der Waals surface area (Å²) in [6.45, 7) is 2.59. The average Bonchev–Trinajstić information content (AvgIpc) is 3.22. The molecule has 0 unspecified atom stereocenters. The van der Waals surface area contributed by atoms with Gasteiger partial charge < -0.3 is 29.4 Å². The Bertz CT molecular complexity index is 1300. The third kappa shape index (κ3) is 4.75. The molecule has 1 aliphatic heterocycles. The number of rotatable bonds is 4. The van der Waals surface area contributed by atoms with E-state index in [1.54, 1.807) is 26.6 Å². The summed E-state index contributed by atoms with van der Waals surface area (Å²) in [6, 6.07) is -0.175. The smallest absolute Gasteiger partial charge is 0.417 e. The minimum atomic E-state index is -4.64. The maximum atomic E-state index is 13.1. The third-order valence-corrected chi connectivity index (χ3v) is 6.32. The number of amides is 2. The van der Waals surface area contributed by atoms with Gasteiger partial charge in [0.15, 0.2) is 16.9 Å². The van der Waals surface area contributed by atoms with Crippen LogP contribution in [0.15, 0.2) is 29.5 Å². The second-order valence-electron chi connectivity index (χ2n) is 8.60. The number of alkyl halides is 3. The van der Waals surface area contributed by atoms with Crippen LogP contribution in [0.1, 0.15) is 25.3 Å². The number of piperidine rings is 1. The number of halogens is 3. The van der Waals surface area contributed by atoms with Gasteiger partial charge in [-0.3, -0.25) is 4.79 Å². The summed E-state index contributed by atoms with van der Waals surface area (Å²) < 4.78 is 45.5. The quantitative estimate of drug-likeness (QED) is 0.578. The summed E-state index contributed by atoms with van der Waals surface area (Å²) in [6.07, 6.45) is 0.607. The number of urea groups is 1. The summed E-state index contributed by atoms with van der Waals surface area (Å²) in [7, 11) is 4.33. The van der Waals surface area contributed by atoms with Crippen molar-refractivity contribution < 1.29 is 22.7 Å². The molecule has 2 amide bonds. The Hall–Kier alpha value is -3.77. The van der Waals surface area contributed by atoms with Gasteiger partial charge in [0.2, 0.25) is 0 Å². The van der Waals surface area contributed by atoms with Gasteiger partial charge in [0.05, 0.1) is 18.9 Å². The Morgan fingerprint density at radius 3 is 2.77 bits per heavy atom. The molecular weight excluding hydrogens is 467 g/mol. The van der Waals surface area contributed by atoms with Crippen LogP contribution in [0.5, 0.6) is 5.75 Å². The number of aryl methyl sites for hydroxylation is 1. The number of fused-ring (bicyclic) bond motifs is 1. The van der Waals surface area contributed by atoms with E-state index < -0.39 is 29.0 Å². The molecule has 2 N–H and O–H groups in total. The maximum absolute atomic E-state index is 13.1. The summed E-state index contributed by atoms with van der Waals surface area (Å²) in [5.74, 6) is 1.27. The number of ether oxygens (including phenoxy) is 1. The molecule has 35 heavy (non-hydrogen) atoms. The lowest BCUT2D eigenvalue weighted by atomic mass is 9.97. The molecule has 1 fully saturated rings. The Balaban J connectivity index is 1.46. The lowest BCUT2D eigenvalue weighted by molar-refractivity contribution is -0.138. The van der Waals surface area contributed by atoms with Crippen molar-refractivity contribution in [2.45, 2.75) is 38.0 Å². The molecule has 0 bridgehead atoms. The van der Waals surface area contributed by atoms with Gasteiger partial charge >= 0.3 is 12.2 Å². The Morgan fingerprint density at radius 1 is 1.37 bits per heavy atom. The Kier molecular flexibility index (Phi) is 6.34. The molecule has 4 rings (SSSR count). The highest BCUT2D eigenvalue weighted by atomic mass is 19.4. The zero-order chi connectivity index (χ0) is 25.5. The van der Waals surface area contributed by atoms with Crippen LogP contribution in [-0.2, 0) is 13.2 Å². The van der Waals surface area contributed by atoms with E-state index in [2.05, 4.69) is 25.2 Å². The number of nitrogens with one attached hydrogen (secondary N) is 2. The first-order chi connectivity index (χ1) is 16.5. The molecule has 2 atom stereocenters. The minimum absolute atomic E-state index is 0.00196. The Morgan fingerprint density at radius 2 is 2.11 bits per heavy atom. The fraction of sp³-hybridized carbons (Fsp3) is 0.455. The predicted octanol–water partition coefficient (Wildman–Crippen LogP) is 3.21. The van der Waals surface area contributed by atoms with Crippen molar-refractivity contribution in [2.24, 2.45) is 7.05 Å². The normalized spacial score (nSPS) is 18.5. The lowest BCUT2D eigenvalue weighted by Gasteiger charge is -2.41. The third-order valence-electron chi connectivity index (χ3n) is 6.32. The highest BCUT2D eigenvalue weighted by molar-refractivity contribution is 5.89. The zero-order valence-corrected chi connectivity index (χ0v) is 19.7. The largest absolute Gasteiger partial charge is 0.493 e. The van der Waals surface area contributed by atoms with Gasteiger partial charge in [-0.15, -0.1) is 0 Å². The molecule has 0 aliphatic carbocycles. The van der Waals surface area contributed by atoms with Crippen molar-refractivity contribution in [3.63, 3.8) is 0 Å². The van der Waals surface area contributed by atoms with Crippen LogP contribution in [-0.4, -0.2) is 63.2 Å². The standard InChI is InChI=1S/C22H26F3N7O3/c1-12-7-14(5-6-32(12)17-10-27-19-18(29-17)16(35-4)9-26-19)31(3)21(34)28-15-8-13(22(23,24)25)11-30(2)20(15)33/h8-12,14H,5-7H2,1-4H3,(H,26,27)(H,28,34)/t12-,14+/m0/s1. The van der Waals surface area contributed by atoms with Crippen LogP contribution in [0.4, 0.5) is 29.5 Å². The number of anilines is 2. The first kappa shape index (κ1) is 24.4. The molecule has 13 heteroatoms. The molecule has 10 nitrogen and oxygen atoms in total. The molecule has 0 spiro atoms. The van der Waals surface area contributed by atoms with Gasteiger partial charge in [-0.05, 0) is 25.8 Å². The van der Waals surface area contributed by atoms with Gasteiger partial charge in [0.1, 0.15) is 11.5 Å². The number of H-pyrrole nitrogens is 1. The number of aromatic nitrogens is 4. The van der Waals surface area contributed by atoms with Crippen molar-refractivity contribution in [1.82, 2.24) is 24.4 Å². The predicted molar refractivity (Wildman–Crippen MR) is 124 cm³/mol. The van der Waals surface area contributed by atoms with Crippen LogP contribution >= 0.6 is 0 Å². The fourth-order valence-corrected chi connectivity index (χ4v) is 4.32. The molecule has 0 saturated carbocycles. The molecule has 3 aromatic rings. The van der Waals surface area contributed by atoms with Crippen LogP contribution < -0.4 is 20.5 Å². The van der Waals surface area contributed by atoms with Gasteiger partial charge in [-0.1, -0.05) is 0 Å². The summed E-state index contributed by atoms with van der Waals surface area (Å²) in [5.41, 5.74) is -0.925. The van der Waals surface area contributed by atoms with Gasteiger partial charge in [0.25, 0.3) is 5.56 Å². The molecular formula is C22H26F3N7O3. The molecule has 188 valence electrons. The monoisotopic (exact) mass is 493 g/mol. The number of carbonyl (C=O) groups excluding carboxylic acids is 1. The molecule has 1 aliphatic rings. The SMILES string of the molecule is COc1c[nH]c2ncc(N3CC[C@@H](N(C)C(=O)Nc4cc(C(F)(F)F)cn(C)c4=O)C[C@@H]3C)nc12. The second kappa shape index (κ2) is 9.12. The molecule has 0 aromatic carbocycles. The van der Waals surface area contributed by atoms with Crippen molar-refractivity contribution >= 4 is 28.7 Å². The van der Waals surface area contributed by atoms with Crippen LogP contribution in [0.2, 0.25) is 0 Å². The highest BCUT2D eigenvalue weighted by Crippen LogP contribution is 2.31. The van der Waals surface area contributed by atoms with Gasteiger partial charge in [-0.25, -0.2) is 14.8 Å². The first-order valence-corrected chi connectivity index (χ1v) is 11.0. The van der Waals surface area contributed by atoms with E-state index in [0.717, 1.165) is 4.57 Å². The lowest BCUT2D eigenvalue weighted by Crippen LogP contribution is -2.51. The van der Waals surface area contributed by atoms with Crippen molar-refractivity contribution in [1.29, 1.82) is 0 Å². The van der Waals surface area contributed by atoms with Gasteiger partial charge in [-0.2, -0.15) is 13.2 Å². The fourth-order valence-electron chi connectivity index (χ4n) is 4.32. The van der Waals surface area contributed by atoms with Gasteiger partial charge in [0, 0.05) is 45.1 Å². The van der Waals surface area contributed by atoms with E-state index in [4.69, 9.17) is 4.74 Å². The van der Waals surface area contributed by atoms with Crippen LogP contribution in [0.25, 0.3) is 11.2 Å². The number of nitrogens with zero attached hydrogens (tertiary/aromatic N) is 5. The van der Waals surface area contributed by atoms with Crippen molar-refractivity contribution in [3.05, 3.63) is 40.6 Å². The van der Waals surface area contributed by atoms with E-state index >= 15 is 0 Å². The first-order valence-electron chi connectivity index (χ1n) is 11.0. The molecule has 0 radical (unpaired) electrons. The van der Waals surface area contributed by atoms with E-state index in [0.29, 0.717) is 54.4 Å². The summed E-state index contributed by atoms with van der Waals surface area (Å²) >= 11 is 0. The second-order valence-corrected chi connectivity index (χ2v) is 8.60. The van der Waals surface area contributed by atoms with E-state index in [9.17, 15) is 22.8 Å². The zero-order valence-electron chi connectivity index (χ0n) is 19.7. The number of aromatic amines is 1. The summed E-state index contributed by atoms with van der Waals surface area (Å²) in [5, 5.41) is 2.35. The van der Waals surface area contributed by atoms with Crippen LogP contribution in [0.3, 0.4) is 0 Å². The minimum Gasteiger partial charge on any atom is -0.493 e. The average molecular weight is 493 g/mol. The summed E-state index contributed by atoms with van der Waals surface area (Å²) in [4.78, 5) is 40.7. The molecule has 3 aromatic heterocycles. The number of hydrogen-bond donors (Lipinski definition) is 2. The molecule has 4 heterocycles. The van der Waals surface area contributed by atoms with Crippen molar-refractivity contribution in [2.75, 3.05) is 30.9 Å². The number of pyridine rings is 1.